The Morgan fingerprint density at radius 1 is 1.28 bits per heavy atom. The van der Waals surface area contributed by atoms with Crippen molar-refractivity contribution in [1.82, 2.24) is 10.2 Å². The van der Waals surface area contributed by atoms with Gasteiger partial charge < -0.3 is 4.90 Å². The lowest BCUT2D eigenvalue weighted by Gasteiger charge is -2.20. The van der Waals surface area contributed by atoms with Gasteiger partial charge in [-0.15, -0.1) is 0 Å². The van der Waals surface area contributed by atoms with E-state index in [-0.39, 0.29) is 23.4 Å². The maximum atomic E-state index is 12.9. The number of amides is 1. The zero-order valence-corrected chi connectivity index (χ0v) is 10.4. The van der Waals surface area contributed by atoms with Crippen molar-refractivity contribution in [2.45, 2.75) is 37.4 Å². The summed E-state index contributed by atoms with van der Waals surface area (Å²) in [6.07, 6.45) is 3.89. The van der Waals surface area contributed by atoms with Gasteiger partial charge in [0.1, 0.15) is 12.0 Å². The average molecular weight is 248 g/mol. The zero-order valence-electron chi connectivity index (χ0n) is 10.4. The fourth-order valence-electron chi connectivity index (χ4n) is 3.16. The van der Waals surface area contributed by atoms with Crippen molar-refractivity contribution in [2.75, 3.05) is 7.05 Å². The van der Waals surface area contributed by atoms with Crippen LogP contribution in [-0.2, 0) is 4.79 Å². The maximum absolute atomic E-state index is 12.9. The standard InChI is InChI=1S/C14H17FN2O/c1-17-12(10-4-6-11(15)7-5-10)16-14(13(17)18)8-2-3-9-14/h4-7,12,16H,2-3,8-9H2,1H3. The van der Waals surface area contributed by atoms with Crippen LogP contribution in [0.5, 0.6) is 0 Å². The van der Waals surface area contributed by atoms with Crippen LogP contribution < -0.4 is 5.32 Å². The van der Waals surface area contributed by atoms with E-state index in [4.69, 9.17) is 0 Å². The second-order valence-electron chi connectivity index (χ2n) is 5.30. The minimum Gasteiger partial charge on any atom is -0.324 e. The van der Waals surface area contributed by atoms with Gasteiger partial charge in [0.05, 0.1) is 5.54 Å². The molecule has 1 aromatic carbocycles. The lowest BCUT2D eigenvalue weighted by Crippen LogP contribution is -2.43. The van der Waals surface area contributed by atoms with Gasteiger partial charge in [0, 0.05) is 7.05 Å². The molecule has 1 atom stereocenters. The van der Waals surface area contributed by atoms with Gasteiger partial charge in [0.25, 0.3) is 0 Å². The highest BCUT2D eigenvalue weighted by molar-refractivity contribution is 5.89. The molecule has 1 amide bonds. The first-order chi connectivity index (χ1) is 8.62. The molecular weight excluding hydrogens is 231 g/mol. The summed E-state index contributed by atoms with van der Waals surface area (Å²) in [4.78, 5) is 14.1. The highest BCUT2D eigenvalue weighted by Gasteiger charge is 2.51. The van der Waals surface area contributed by atoms with Gasteiger partial charge in [-0.3, -0.25) is 10.1 Å². The van der Waals surface area contributed by atoms with Gasteiger partial charge >= 0.3 is 0 Å². The largest absolute Gasteiger partial charge is 0.324 e. The van der Waals surface area contributed by atoms with Crippen LogP contribution in [-0.4, -0.2) is 23.4 Å². The molecule has 2 aliphatic rings. The summed E-state index contributed by atoms with van der Waals surface area (Å²) in [5.74, 6) is -0.0735. The predicted octanol–water partition coefficient (Wildman–Crippen LogP) is 2.20. The number of carbonyl (C=O) groups excluding carboxylic acids is 1. The highest BCUT2D eigenvalue weighted by Crippen LogP contribution is 2.39. The Balaban J connectivity index is 1.90. The number of nitrogens with zero attached hydrogens (tertiary/aromatic N) is 1. The van der Waals surface area contributed by atoms with E-state index in [1.807, 2.05) is 7.05 Å². The molecule has 4 heteroatoms. The smallest absolute Gasteiger partial charge is 0.244 e. The van der Waals surface area contributed by atoms with Gasteiger partial charge in [-0.2, -0.15) is 0 Å². The molecule has 3 rings (SSSR count). The van der Waals surface area contributed by atoms with Crippen LogP contribution in [0.15, 0.2) is 24.3 Å². The number of hydrogen-bond donors (Lipinski definition) is 1. The molecule has 1 saturated carbocycles. The Kier molecular flexibility index (Phi) is 2.63. The van der Waals surface area contributed by atoms with E-state index in [0.717, 1.165) is 31.2 Å². The molecule has 2 fully saturated rings. The number of rotatable bonds is 1. The Labute approximate surface area is 106 Å². The summed E-state index contributed by atoms with van der Waals surface area (Å²) < 4.78 is 12.9. The lowest BCUT2D eigenvalue weighted by atomic mass is 9.98. The van der Waals surface area contributed by atoms with Crippen molar-refractivity contribution >= 4 is 5.91 Å². The Bertz CT molecular complexity index is 465. The number of halogens is 1. The zero-order chi connectivity index (χ0) is 12.8. The second kappa shape index (κ2) is 4.05. The van der Waals surface area contributed by atoms with E-state index in [1.54, 1.807) is 17.0 Å². The van der Waals surface area contributed by atoms with Gasteiger partial charge in [-0.1, -0.05) is 25.0 Å². The van der Waals surface area contributed by atoms with E-state index in [1.165, 1.54) is 12.1 Å². The molecule has 0 bridgehead atoms. The molecule has 1 aliphatic carbocycles. The van der Waals surface area contributed by atoms with Crippen molar-refractivity contribution in [3.05, 3.63) is 35.6 Å². The van der Waals surface area contributed by atoms with Crippen molar-refractivity contribution in [1.29, 1.82) is 0 Å². The molecule has 1 saturated heterocycles. The third-order valence-corrected chi connectivity index (χ3v) is 4.17. The molecule has 1 heterocycles. The molecule has 1 aliphatic heterocycles. The van der Waals surface area contributed by atoms with Gasteiger partial charge in [0.15, 0.2) is 0 Å². The molecule has 18 heavy (non-hydrogen) atoms. The van der Waals surface area contributed by atoms with Crippen LogP contribution in [0, 0.1) is 5.82 Å². The van der Waals surface area contributed by atoms with E-state index in [0.29, 0.717) is 0 Å². The third kappa shape index (κ3) is 1.63. The first kappa shape index (κ1) is 11.7. The van der Waals surface area contributed by atoms with Gasteiger partial charge in [-0.05, 0) is 30.5 Å². The molecule has 1 N–H and O–H groups in total. The maximum Gasteiger partial charge on any atom is 0.244 e. The third-order valence-electron chi connectivity index (χ3n) is 4.17. The SMILES string of the molecule is CN1C(=O)C2(CCCC2)NC1c1ccc(F)cc1. The number of benzene rings is 1. The van der Waals surface area contributed by atoms with Crippen LogP contribution in [0.3, 0.4) is 0 Å². The van der Waals surface area contributed by atoms with Gasteiger partial charge in [-0.25, -0.2) is 4.39 Å². The number of likely N-dealkylation sites (N-methyl/N-ethyl adjacent to an activating group) is 1. The summed E-state index contributed by atoms with van der Waals surface area (Å²) >= 11 is 0. The van der Waals surface area contributed by atoms with Crippen LogP contribution in [0.1, 0.15) is 37.4 Å². The van der Waals surface area contributed by atoms with Crippen molar-refractivity contribution in [3.8, 4) is 0 Å². The van der Waals surface area contributed by atoms with E-state index < -0.39 is 0 Å². The minimum atomic E-state index is -0.367. The molecule has 1 spiro atoms. The Morgan fingerprint density at radius 2 is 1.89 bits per heavy atom. The average Bonchev–Trinajstić information content (AvgIpc) is 2.93. The molecule has 1 unspecified atom stereocenters. The Hall–Kier alpha value is -1.42. The predicted molar refractivity (Wildman–Crippen MR) is 66.2 cm³/mol. The minimum absolute atomic E-state index is 0.129. The molecule has 0 radical (unpaired) electrons. The topological polar surface area (TPSA) is 32.3 Å². The Morgan fingerprint density at radius 3 is 2.50 bits per heavy atom. The van der Waals surface area contributed by atoms with E-state index >= 15 is 0 Å². The van der Waals surface area contributed by atoms with Crippen molar-refractivity contribution in [2.24, 2.45) is 0 Å². The second-order valence-corrected chi connectivity index (χ2v) is 5.30. The molecule has 0 aromatic heterocycles. The fraction of sp³-hybridized carbons (Fsp3) is 0.500. The quantitative estimate of drug-likeness (QED) is 0.826. The number of nitrogens with one attached hydrogen (secondary N) is 1. The van der Waals surface area contributed by atoms with Crippen molar-refractivity contribution < 1.29 is 9.18 Å². The highest BCUT2D eigenvalue weighted by atomic mass is 19.1. The van der Waals surface area contributed by atoms with E-state index in [2.05, 4.69) is 5.32 Å². The van der Waals surface area contributed by atoms with E-state index in [9.17, 15) is 9.18 Å². The first-order valence-electron chi connectivity index (χ1n) is 6.43. The van der Waals surface area contributed by atoms with Gasteiger partial charge in [0.2, 0.25) is 5.91 Å². The first-order valence-corrected chi connectivity index (χ1v) is 6.43. The number of hydrogen-bond acceptors (Lipinski definition) is 2. The summed E-state index contributed by atoms with van der Waals surface area (Å²) in [5.41, 5.74) is 0.574. The summed E-state index contributed by atoms with van der Waals surface area (Å²) in [5, 5.41) is 3.46. The normalized spacial score (nSPS) is 26.2. The van der Waals surface area contributed by atoms with Crippen molar-refractivity contribution in [3.63, 3.8) is 0 Å². The summed E-state index contributed by atoms with van der Waals surface area (Å²) in [7, 11) is 1.82. The van der Waals surface area contributed by atoms with Crippen LogP contribution in [0.25, 0.3) is 0 Å². The fourth-order valence-corrected chi connectivity index (χ4v) is 3.16. The summed E-state index contributed by atoms with van der Waals surface area (Å²) in [6.45, 7) is 0. The molecule has 96 valence electrons. The monoisotopic (exact) mass is 248 g/mol. The summed E-state index contributed by atoms with van der Waals surface area (Å²) in [6, 6.07) is 6.36. The van der Waals surface area contributed by atoms with Crippen LogP contribution in [0.2, 0.25) is 0 Å². The van der Waals surface area contributed by atoms with Crippen LogP contribution in [0.4, 0.5) is 4.39 Å². The lowest BCUT2D eigenvalue weighted by molar-refractivity contribution is -0.132. The van der Waals surface area contributed by atoms with Crippen LogP contribution >= 0.6 is 0 Å². The molecule has 3 nitrogen and oxygen atoms in total. The molecule has 1 aromatic rings. The molecular formula is C14H17FN2O. The number of carbonyl (C=O) groups is 1.